The van der Waals surface area contributed by atoms with E-state index in [9.17, 15) is 14.0 Å². The Balaban J connectivity index is 1.75. The van der Waals surface area contributed by atoms with E-state index >= 15 is 0 Å². The fourth-order valence-electron chi connectivity index (χ4n) is 2.68. The van der Waals surface area contributed by atoms with Crippen LogP contribution in [0.15, 0.2) is 101 Å². The first-order chi connectivity index (χ1) is 14.4. The van der Waals surface area contributed by atoms with E-state index in [1.165, 1.54) is 12.1 Å². The molecule has 0 spiro atoms. The number of carbonyl (C=O) groups excluding carboxylic acids is 2. The first-order valence-corrected chi connectivity index (χ1v) is 10.7. The van der Waals surface area contributed by atoms with Gasteiger partial charge in [-0.25, -0.2) is 4.39 Å². The Morgan fingerprint density at radius 1 is 0.833 bits per heavy atom. The topological polar surface area (TPSA) is 34.1 Å². The number of hydrogen-bond donors (Lipinski definition) is 0. The number of halogens is 1. The van der Waals surface area contributed by atoms with Gasteiger partial charge in [0.2, 0.25) is 10.2 Å². The fourth-order valence-corrected chi connectivity index (χ4v) is 3.93. The molecule has 30 heavy (non-hydrogen) atoms. The normalized spacial score (nSPS) is 10.5. The molecule has 3 rings (SSSR count). The van der Waals surface area contributed by atoms with E-state index < -0.39 is 5.82 Å². The van der Waals surface area contributed by atoms with Crippen LogP contribution in [0.3, 0.4) is 0 Å². The number of rotatable bonds is 6. The number of carbonyl (C=O) groups is 2. The van der Waals surface area contributed by atoms with Crippen LogP contribution in [0, 0.1) is 5.82 Å². The van der Waals surface area contributed by atoms with Gasteiger partial charge in [0.25, 0.3) is 0 Å². The zero-order valence-corrected chi connectivity index (χ0v) is 18.0. The van der Waals surface area contributed by atoms with Gasteiger partial charge < -0.3 is 0 Å². The van der Waals surface area contributed by atoms with E-state index in [0.29, 0.717) is 5.57 Å². The van der Waals surface area contributed by atoms with Crippen LogP contribution >= 0.6 is 23.5 Å². The smallest absolute Gasteiger partial charge is 0.219 e. The average molecular weight is 435 g/mol. The maximum Gasteiger partial charge on any atom is 0.219 e. The monoisotopic (exact) mass is 434 g/mol. The van der Waals surface area contributed by atoms with Crippen molar-refractivity contribution in [1.29, 1.82) is 0 Å². The molecule has 3 aromatic carbocycles. The minimum Gasteiger partial charge on any atom is -0.282 e. The van der Waals surface area contributed by atoms with Crippen LogP contribution in [0.2, 0.25) is 0 Å². The van der Waals surface area contributed by atoms with E-state index in [2.05, 4.69) is 13.2 Å². The molecular weight excluding hydrogens is 415 g/mol. The molecule has 0 bridgehead atoms. The maximum atomic E-state index is 14.3. The van der Waals surface area contributed by atoms with Gasteiger partial charge in [-0.05, 0) is 88.6 Å². The van der Waals surface area contributed by atoms with Gasteiger partial charge >= 0.3 is 0 Å². The third-order valence-electron chi connectivity index (χ3n) is 4.27. The zero-order valence-electron chi connectivity index (χ0n) is 16.4. The maximum absolute atomic E-state index is 14.3. The Kier molecular flexibility index (Phi) is 7.08. The molecule has 5 heteroatoms. The number of benzene rings is 3. The SMILES string of the molecule is C=CC(=O)Sc1ccc(-c2ccc(-c3ccc(SC(=O)C(=C)C)cc3)cc2)cc1F. The van der Waals surface area contributed by atoms with Crippen molar-refractivity contribution >= 4 is 33.8 Å². The lowest BCUT2D eigenvalue weighted by Gasteiger charge is -2.08. The van der Waals surface area contributed by atoms with Crippen molar-refractivity contribution in [2.75, 3.05) is 0 Å². The Hall–Kier alpha value is -2.89. The highest BCUT2D eigenvalue weighted by Crippen LogP contribution is 2.30. The molecule has 0 atom stereocenters. The van der Waals surface area contributed by atoms with Crippen LogP contribution in [0.25, 0.3) is 22.3 Å². The minimum absolute atomic E-state index is 0.0439. The fraction of sp³-hybridized carbons (Fsp3) is 0.0400. The lowest BCUT2D eigenvalue weighted by molar-refractivity contribution is -0.108. The molecule has 150 valence electrons. The average Bonchev–Trinajstić information content (AvgIpc) is 2.75. The molecular formula is C25H19FO2S2. The largest absolute Gasteiger partial charge is 0.282 e. The molecule has 0 radical (unpaired) electrons. The Morgan fingerprint density at radius 3 is 1.83 bits per heavy atom. The highest BCUT2D eigenvalue weighted by molar-refractivity contribution is 8.14. The molecule has 3 aromatic rings. The quantitative estimate of drug-likeness (QED) is 0.304. The summed E-state index contributed by atoms with van der Waals surface area (Å²) in [6, 6.07) is 20.4. The second-order valence-corrected chi connectivity index (χ2v) is 8.63. The summed E-state index contributed by atoms with van der Waals surface area (Å²) in [5.41, 5.74) is 4.18. The van der Waals surface area contributed by atoms with Crippen molar-refractivity contribution in [3.63, 3.8) is 0 Å². The van der Waals surface area contributed by atoms with E-state index in [1.54, 1.807) is 19.1 Å². The van der Waals surface area contributed by atoms with Gasteiger partial charge in [-0.15, -0.1) is 0 Å². The van der Waals surface area contributed by atoms with Crippen molar-refractivity contribution in [2.45, 2.75) is 16.7 Å². The van der Waals surface area contributed by atoms with Crippen molar-refractivity contribution < 1.29 is 14.0 Å². The lowest BCUT2D eigenvalue weighted by Crippen LogP contribution is -1.90. The summed E-state index contributed by atoms with van der Waals surface area (Å²) in [7, 11) is 0. The van der Waals surface area contributed by atoms with Crippen molar-refractivity contribution in [1.82, 2.24) is 0 Å². The summed E-state index contributed by atoms with van der Waals surface area (Å²) in [6.07, 6.45) is 1.17. The standard InChI is InChI=1S/C25H19FO2S2/c1-4-24(27)30-23-14-11-20(15-22(23)26)19-7-5-17(6-8-19)18-9-12-21(13-10-18)29-25(28)16(2)3/h4-15H,1-2H2,3H3. The van der Waals surface area contributed by atoms with E-state index in [0.717, 1.165) is 50.7 Å². The number of thioether (sulfide) groups is 2. The molecule has 0 amide bonds. The molecule has 0 heterocycles. The minimum atomic E-state index is -0.436. The second-order valence-electron chi connectivity index (χ2n) is 6.54. The Morgan fingerprint density at radius 2 is 1.33 bits per heavy atom. The molecule has 0 aliphatic carbocycles. The first kappa shape index (κ1) is 21.8. The Labute approximate surface area is 183 Å². The predicted octanol–water partition coefficient (Wildman–Crippen LogP) is 7.16. The molecule has 0 aliphatic heterocycles. The summed E-state index contributed by atoms with van der Waals surface area (Å²) in [5.74, 6) is -0.436. The Bertz CT molecular complexity index is 1120. The van der Waals surface area contributed by atoms with Crippen LogP contribution in [-0.2, 0) is 9.59 Å². The summed E-state index contributed by atoms with van der Waals surface area (Å²) < 4.78 is 14.3. The highest BCUT2D eigenvalue weighted by Gasteiger charge is 2.10. The zero-order chi connectivity index (χ0) is 21.7. The van der Waals surface area contributed by atoms with Gasteiger partial charge in [0.1, 0.15) is 5.82 Å². The van der Waals surface area contributed by atoms with Crippen molar-refractivity contribution in [3.05, 3.63) is 97.4 Å². The van der Waals surface area contributed by atoms with Crippen molar-refractivity contribution in [3.8, 4) is 22.3 Å². The lowest BCUT2D eigenvalue weighted by atomic mass is 10.0. The van der Waals surface area contributed by atoms with Gasteiger partial charge in [0.15, 0.2) is 0 Å². The first-order valence-electron chi connectivity index (χ1n) is 9.09. The van der Waals surface area contributed by atoms with E-state index in [4.69, 9.17) is 0 Å². The van der Waals surface area contributed by atoms with Crippen LogP contribution in [0.5, 0.6) is 0 Å². The molecule has 2 nitrogen and oxygen atoms in total. The second kappa shape index (κ2) is 9.74. The molecule has 0 saturated carbocycles. The van der Waals surface area contributed by atoms with Crippen LogP contribution < -0.4 is 0 Å². The van der Waals surface area contributed by atoms with Crippen LogP contribution in [0.1, 0.15) is 6.92 Å². The molecule has 0 unspecified atom stereocenters. The summed E-state index contributed by atoms with van der Waals surface area (Å²) in [6.45, 7) is 8.76. The van der Waals surface area contributed by atoms with Crippen LogP contribution in [-0.4, -0.2) is 10.2 Å². The molecule has 0 N–H and O–H groups in total. The molecule has 0 saturated heterocycles. The summed E-state index contributed by atoms with van der Waals surface area (Å²) in [5, 5.41) is -0.336. The molecule has 0 fully saturated rings. The molecule has 0 aliphatic rings. The van der Waals surface area contributed by atoms with Gasteiger partial charge in [0.05, 0.1) is 4.90 Å². The van der Waals surface area contributed by atoms with Crippen LogP contribution in [0.4, 0.5) is 4.39 Å². The van der Waals surface area contributed by atoms with E-state index in [1.807, 2.05) is 48.5 Å². The summed E-state index contributed by atoms with van der Waals surface area (Å²) in [4.78, 5) is 24.3. The van der Waals surface area contributed by atoms with E-state index in [-0.39, 0.29) is 15.1 Å². The number of hydrogen-bond acceptors (Lipinski definition) is 4. The third kappa shape index (κ3) is 5.38. The predicted molar refractivity (Wildman–Crippen MR) is 124 cm³/mol. The third-order valence-corrected chi connectivity index (χ3v) is 6.23. The van der Waals surface area contributed by atoms with Gasteiger partial charge in [-0.1, -0.05) is 55.6 Å². The molecule has 0 aromatic heterocycles. The van der Waals surface area contributed by atoms with Gasteiger partial charge in [-0.3, -0.25) is 9.59 Å². The van der Waals surface area contributed by atoms with Gasteiger partial charge in [0, 0.05) is 4.90 Å². The van der Waals surface area contributed by atoms with Crippen molar-refractivity contribution in [2.24, 2.45) is 0 Å². The summed E-state index contributed by atoms with van der Waals surface area (Å²) >= 11 is 1.98. The highest BCUT2D eigenvalue weighted by atomic mass is 32.2. The van der Waals surface area contributed by atoms with Gasteiger partial charge in [-0.2, -0.15) is 0 Å².